The number of aryl methyl sites for hydroxylation is 1. The molecule has 0 aromatic carbocycles. The molecule has 2 aromatic heterocycles. The summed E-state index contributed by atoms with van der Waals surface area (Å²) in [6.45, 7) is 0.175. The maximum Gasteiger partial charge on any atom is 0.325 e. The summed E-state index contributed by atoms with van der Waals surface area (Å²) in [5.41, 5.74) is -0.0168. The molecule has 9 heteroatoms. The number of nitrogens with zero attached hydrogens (tertiary/aromatic N) is 3. The van der Waals surface area contributed by atoms with E-state index in [-0.39, 0.29) is 24.9 Å². The van der Waals surface area contributed by atoms with Crippen molar-refractivity contribution in [1.82, 2.24) is 20.4 Å². The van der Waals surface area contributed by atoms with Crippen molar-refractivity contribution in [2.24, 2.45) is 0 Å². The van der Waals surface area contributed by atoms with E-state index in [0.29, 0.717) is 12.3 Å². The highest BCUT2D eigenvalue weighted by atomic mass is 32.1. The lowest BCUT2D eigenvalue weighted by atomic mass is 9.80. The molecule has 1 fully saturated rings. The number of ether oxygens (including phenoxy) is 1. The summed E-state index contributed by atoms with van der Waals surface area (Å²) in [7, 11) is 1.52. The second kappa shape index (κ2) is 5.67. The molecule has 3 heterocycles. The van der Waals surface area contributed by atoms with Gasteiger partial charge in [0.2, 0.25) is 0 Å². The van der Waals surface area contributed by atoms with Crippen LogP contribution in [0.1, 0.15) is 35.0 Å². The molecule has 0 saturated carbocycles. The molecule has 2 aromatic rings. The van der Waals surface area contributed by atoms with Crippen LogP contribution in [0.2, 0.25) is 0 Å². The van der Waals surface area contributed by atoms with E-state index in [4.69, 9.17) is 9.26 Å². The second-order valence-electron chi connectivity index (χ2n) is 5.88. The summed E-state index contributed by atoms with van der Waals surface area (Å²) in [5, 5.41) is 8.66. The van der Waals surface area contributed by atoms with Crippen LogP contribution in [0.4, 0.5) is 4.79 Å². The third-order valence-corrected chi connectivity index (χ3v) is 5.39. The number of methoxy groups -OCH3 is 1. The molecule has 2 aliphatic rings. The van der Waals surface area contributed by atoms with Gasteiger partial charge in [0.15, 0.2) is 5.82 Å². The van der Waals surface area contributed by atoms with E-state index in [9.17, 15) is 9.59 Å². The van der Waals surface area contributed by atoms with Crippen molar-refractivity contribution < 1.29 is 18.8 Å². The van der Waals surface area contributed by atoms with Crippen LogP contribution in [-0.4, -0.2) is 34.1 Å². The molecule has 1 aliphatic carbocycles. The van der Waals surface area contributed by atoms with Crippen LogP contribution in [0.5, 0.6) is 0 Å². The predicted octanol–water partition coefficient (Wildman–Crippen LogP) is 1.56. The number of hydrogen-bond acceptors (Lipinski definition) is 7. The van der Waals surface area contributed by atoms with Gasteiger partial charge >= 0.3 is 6.03 Å². The van der Waals surface area contributed by atoms with Gasteiger partial charge in [-0.2, -0.15) is 4.98 Å². The van der Waals surface area contributed by atoms with Crippen LogP contribution in [-0.2, 0) is 34.6 Å². The zero-order chi connectivity index (χ0) is 16.7. The van der Waals surface area contributed by atoms with Gasteiger partial charge in [-0.1, -0.05) is 5.16 Å². The van der Waals surface area contributed by atoms with Gasteiger partial charge in [-0.15, -0.1) is 11.3 Å². The van der Waals surface area contributed by atoms with Crippen LogP contribution in [0.3, 0.4) is 0 Å². The molecule has 1 atom stereocenters. The summed E-state index contributed by atoms with van der Waals surface area (Å²) in [4.78, 5) is 31.9. The highest BCUT2D eigenvalue weighted by Gasteiger charge is 2.54. The fourth-order valence-electron chi connectivity index (χ4n) is 3.36. The number of fused-ring (bicyclic) bond motifs is 2. The highest BCUT2D eigenvalue weighted by molar-refractivity contribution is 7.10. The van der Waals surface area contributed by atoms with Crippen molar-refractivity contribution in [2.75, 3.05) is 7.11 Å². The number of urea groups is 1. The number of hydrogen-bond donors (Lipinski definition) is 1. The maximum absolute atomic E-state index is 13.0. The first-order chi connectivity index (χ1) is 11.6. The minimum absolute atomic E-state index is 0.0148. The van der Waals surface area contributed by atoms with E-state index < -0.39 is 11.6 Å². The fraction of sp³-hybridized carbons (Fsp3) is 0.467. The molecule has 0 radical (unpaired) electrons. The van der Waals surface area contributed by atoms with Gasteiger partial charge < -0.3 is 14.6 Å². The average Bonchev–Trinajstić information content (AvgIpc) is 3.26. The molecule has 3 amide bonds. The van der Waals surface area contributed by atoms with Crippen molar-refractivity contribution in [3.8, 4) is 0 Å². The molecule has 126 valence electrons. The third-order valence-electron chi connectivity index (χ3n) is 4.41. The smallest absolute Gasteiger partial charge is 0.325 e. The molecule has 8 nitrogen and oxygen atoms in total. The minimum Gasteiger partial charge on any atom is -0.375 e. The predicted molar refractivity (Wildman–Crippen MR) is 83.0 cm³/mol. The Morgan fingerprint density at radius 2 is 2.38 bits per heavy atom. The molecule has 1 aliphatic heterocycles. The molecule has 4 rings (SSSR count). The van der Waals surface area contributed by atoms with Crippen molar-refractivity contribution in [2.45, 2.75) is 38.0 Å². The van der Waals surface area contributed by atoms with E-state index in [2.05, 4.69) is 15.5 Å². The monoisotopic (exact) mass is 348 g/mol. The maximum atomic E-state index is 13.0. The first-order valence-corrected chi connectivity index (χ1v) is 8.53. The number of aromatic nitrogens is 2. The zero-order valence-electron chi connectivity index (χ0n) is 13.1. The summed E-state index contributed by atoms with van der Waals surface area (Å²) in [6, 6.07) is 1.52. The Kier molecular flexibility index (Phi) is 3.61. The van der Waals surface area contributed by atoms with Crippen molar-refractivity contribution in [3.05, 3.63) is 33.6 Å². The molecule has 0 bridgehead atoms. The van der Waals surface area contributed by atoms with Gasteiger partial charge in [-0.3, -0.25) is 9.69 Å². The van der Waals surface area contributed by atoms with E-state index in [1.54, 1.807) is 11.3 Å². The van der Waals surface area contributed by atoms with E-state index >= 15 is 0 Å². The molecular formula is C15H16N4O4S. The third kappa shape index (κ3) is 2.23. The number of rotatable bonds is 4. The second-order valence-corrected chi connectivity index (χ2v) is 6.88. The summed E-state index contributed by atoms with van der Waals surface area (Å²) in [5.74, 6) is 0.348. The number of carbonyl (C=O) groups excluding carboxylic acids is 2. The topological polar surface area (TPSA) is 97.6 Å². The number of imide groups is 1. The van der Waals surface area contributed by atoms with Crippen LogP contribution < -0.4 is 5.32 Å². The highest BCUT2D eigenvalue weighted by Crippen LogP contribution is 2.42. The van der Waals surface area contributed by atoms with Crippen molar-refractivity contribution in [3.63, 3.8) is 0 Å². The fourth-order valence-corrected chi connectivity index (χ4v) is 4.36. The Morgan fingerprint density at radius 1 is 1.50 bits per heavy atom. The Labute approximate surface area is 141 Å². The van der Waals surface area contributed by atoms with E-state index in [1.807, 2.05) is 11.4 Å². The Bertz CT molecular complexity index is 801. The first kappa shape index (κ1) is 15.3. The standard InChI is InChI=1S/C15H16N4O4S/c1-22-8-12-16-11(18-23-12)7-19-13(20)15(17-14(19)21)5-2-3-10-9(15)4-6-24-10/h4,6H,2-3,5,7-8H2,1H3,(H,17,21). The molecule has 1 unspecified atom stereocenters. The Hall–Kier alpha value is -2.26. The molecule has 24 heavy (non-hydrogen) atoms. The Balaban J connectivity index is 1.60. The quantitative estimate of drug-likeness (QED) is 0.842. The minimum atomic E-state index is -0.941. The van der Waals surface area contributed by atoms with Gasteiger partial charge in [0, 0.05) is 17.6 Å². The largest absolute Gasteiger partial charge is 0.375 e. The van der Waals surface area contributed by atoms with E-state index in [0.717, 1.165) is 23.3 Å². The molecular weight excluding hydrogens is 332 g/mol. The van der Waals surface area contributed by atoms with Gasteiger partial charge in [-0.25, -0.2) is 4.79 Å². The van der Waals surface area contributed by atoms with Gasteiger partial charge in [0.1, 0.15) is 12.1 Å². The summed E-state index contributed by atoms with van der Waals surface area (Å²) >= 11 is 1.63. The first-order valence-electron chi connectivity index (χ1n) is 7.65. The van der Waals surface area contributed by atoms with Gasteiger partial charge in [0.25, 0.3) is 11.8 Å². The van der Waals surface area contributed by atoms with Crippen LogP contribution in [0, 0.1) is 0 Å². The Morgan fingerprint density at radius 3 is 3.21 bits per heavy atom. The number of carbonyl (C=O) groups is 2. The summed E-state index contributed by atoms with van der Waals surface area (Å²) < 4.78 is 9.93. The average molecular weight is 348 g/mol. The normalized spacial score (nSPS) is 23.0. The zero-order valence-corrected chi connectivity index (χ0v) is 13.9. The molecule has 1 saturated heterocycles. The lowest BCUT2D eigenvalue weighted by molar-refractivity contribution is -0.132. The molecule has 1 spiro atoms. The van der Waals surface area contributed by atoms with Crippen molar-refractivity contribution >= 4 is 23.3 Å². The van der Waals surface area contributed by atoms with Crippen LogP contribution in [0.25, 0.3) is 0 Å². The lowest BCUT2D eigenvalue weighted by Gasteiger charge is -2.31. The van der Waals surface area contributed by atoms with Gasteiger partial charge in [0.05, 0.1) is 6.54 Å². The lowest BCUT2D eigenvalue weighted by Crippen LogP contribution is -2.46. The summed E-state index contributed by atoms with van der Waals surface area (Å²) in [6.07, 6.45) is 2.43. The van der Waals surface area contributed by atoms with E-state index in [1.165, 1.54) is 12.0 Å². The van der Waals surface area contributed by atoms with Gasteiger partial charge in [-0.05, 0) is 30.7 Å². The number of thiophene rings is 1. The van der Waals surface area contributed by atoms with Crippen molar-refractivity contribution in [1.29, 1.82) is 0 Å². The number of amides is 3. The SMILES string of the molecule is COCc1nc(CN2C(=O)NC3(CCCc4sccc43)C2=O)no1. The van der Waals surface area contributed by atoms with Crippen LogP contribution >= 0.6 is 11.3 Å². The van der Waals surface area contributed by atoms with Crippen LogP contribution in [0.15, 0.2) is 16.0 Å². The number of nitrogens with one attached hydrogen (secondary N) is 1. The molecule has 1 N–H and O–H groups in total.